The highest BCUT2D eigenvalue weighted by atomic mass is 32.2. The van der Waals surface area contributed by atoms with E-state index in [9.17, 15) is 0 Å². The van der Waals surface area contributed by atoms with Crippen LogP contribution in [0.3, 0.4) is 0 Å². The molecule has 0 bridgehead atoms. The van der Waals surface area contributed by atoms with Gasteiger partial charge >= 0.3 is 0 Å². The number of rotatable bonds is 6. The Morgan fingerprint density at radius 2 is 1.14 bits per heavy atom. The lowest BCUT2D eigenvalue weighted by atomic mass is 10.2. The van der Waals surface area contributed by atoms with Crippen molar-refractivity contribution in [2.75, 3.05) is 11.5 Å². The van der Waals surface area contributed by atoms with Gasteiger partial charge in [0.2, 0.25) is 0 Å². The van der Waals surface area contributed by atoms with Crippen molar-refractivity contribution in [1.82, 2.24) is 0 Å². The van der Waals surface area contributed by atoms with Crippen molar-refractivity contribution in [1.29, 1.82) is 0 Å². The molecule has 1 aromatic rings. The Morgan fingerprint density at radius 3 is 1.43 bits per heavy atom. The Labute approximate surface area is 95.9 Å². The SMILES string of the molecule is CCSCc1ccc(CSCC)cc1. The lowest BCUT2D eigenvalue weighted by Gasteiger charge is -2.02. The normalized spacial score (nSPS) is 10.4. The van der Waals surface area contributed by atoms with Crippen LogP contribution in [0.25, 0.3) is 0 Å². The van der Waals surface area contributed by atoms with Gasteiger partial charge in [-0.15, -0.1) is 0 Å². The van der Waals surface area contributed by atoms with E-state index in [2.05, 4.69) is 38.1 Å². The van der Waals surface area contributed by atoms with E-state index in [-0.39, 0.29) is 0 Å². The Kier molecular flexibility index (Phi) is 6.20. The van der Waals surface area contributed by atoms with Gasteiger partial charge in [0.1, 0.15) is 0 Å². The maximum absolute atomic E-state index is 2.26. The molecular weight excluding hydrogens is 208 g/mol. The summed E-state index contributed by atoms with van der Waals surface area (Å²) < 4.78 is 0. The number of hydrogen-bond acceptors (Lipinski definition) is 2. The standard InChI is InChI=1S/C12H18S2/c1-3-13-9-11-5-7-12(8-6-11)10-14-4-2/h5-8H,3-4,9-10H2,1-2H3. The minimum atomic E-state index is 1.15. The van der Waals surface area contributed by atoms with Crippen LogP contribution in [0.1, 0.15) is 25.0 Å². The fourth-order valence-electron chi connectivity index (χ4n) is 1.17. The zero-order chi connectivity index (χ0) is 10.2. The van der Waals surface area contributed by atoms with E-state index >= 15 is 0 Å². The van der Waals surface area contributed by atoms with Crippen molar-refractivity contribution in [2.45, 2.75) is 25.4 Å². The molecule has 0 nitrogen and oxygen atoms in total. The Morgan fingerprint density at radius 1 is 0.786 bits per heavy atom. The van der Waals surface area contributed by atoms with Crippen LogP contribution in [0.15, 0.2) is 24.3 Å². The van der Waals surface area contributed by atoms with Crippen molar-refractivity contribution < 1.29 is 0 Å². The molecule has 14 heavy (non-hydrogen) atoms. The van der Waals surface area contributed by atoms with Crippen LogP contribution in [0.4, 0.5) is 0 Å². The monoisotopic (exact) mass is 226 g/mol. The summed E-state index contributed by atoms with van der Waals surface area (Å²) in [7, 11) is 0. The van der Waals surface area contributed by atoms with Gasteiger partial charge in [-0.3, -0.25) is 0 Å². The molecule has 0 amide bonds. The third kappa shape index (κ3) is 4.43. The molecule has 78 valence electrons. The van der Waals surface area contributed by atoms with Crippen molar-refractivity contribution in [3.05, 3.63) is 35.4 Å². The molecule has 1 aromatic carbocycles. The first-order valence-electron chi connectivity index (χ1n) is 5.10. The third-order valence-electron chi connectivity index (χ3n) is 1.97. The highest BCUT2D eigenvalue weighted by Crippen LogP contribution is 2.15. The van der Waals surface area contributed by atoms with Crippen molar-refractivity contribution in [2.24, 2.45) is 0 Å². The minimum Gasteiger partial charge on any atom is -0.157 e. The molecule has 0 aliphatic carbocycles. The summed E-state index contributed by atoms with van der Waals surface area (Å²) in [4.78, 5) is 0. The van der Waals surface area contributed by atoms with Crippen LogP contribution in [0.2, 0.25) is 0 Å². The van der Waals surface area contributed by atoms with E-state index in [1.807, 2.05) is 23.5 Å². The Hall–Kier alpha value is -0.0800. The van der Waals surface area contributed by atoms with Crippen LogP contribution in [0.5, 0.6) is 0 Å². The van der Waals surface area contributed by atoms with Gasteiger partial charge < -0.3 is 0 Å². The van der Waals surface area contributed by atoms with E-state index in [1.165, 1.54) is 22.6 Å². The van der Waals surface area contributed by atoms with Crippen molar-refractivity contribution in [3.63, 3.8) is 0 Å². The lowest BCUT2D eigenvalue weighted by Crippen LogP contribution is -1.84. The highest BCUT2D eigenvalue weighted by Gasteiger charge is 1.94. The summed E-state index contributed by atoms with van der Waals surface area (Å²) in [5.74, 6) is 4.70. The summed E-state index contributed by atoms with van der Waals surface area (Å²) >= 11 is 3.96. The minimum absolute atomic E-state index is 1.15. The summed E-state index contributed by atoms with van der Waals surface area (Å²) in [6.45, 7) is 4.41. The Bertz CT molecular complexity index is 214. The summed E-state index contributed by atoms with van der Waals surface area (Å²) in [5, 5.41) is 0. The number of benzene rings is 1. The Balaban J connectivity index is 2.42. The van der Waals surface area contributed by atoms with Crippen LogP contribution < -0.4 is 0 Å². The number of hydrogen-bond donors (Lipinski definition) is 0. The van der Waals surface area contributed by atoms with Gasteiger partial charge in [-0.1, -0.05) is 38.1 Å². The molecule has 0 radical (unpaired) electrons. The molecule has 0 aliphatic rings. The first-order valence-corrected chi connectivity index (χ1v) is 7.41. The second-order valence-electron chi connectivity index (χ2n) is 3.09. The molecule has 1 rings (SSSR count). The second kappa shape index (κ2) is 7.24. The van der Waals surface area contributed by atoms with E-state index in [0.717, 1.165) is 11.5 Å². The van der Waals surface area contributed by atoms with Gasteiger partial charge in [0.05, 0.1) is 0 Å². The summed E-state index contributed by atoms with van der Waals surface area (Å²) in [6, 6.07) is 9.03. The average molecular weight is 226 g/mol. The maximum Gasteiger partial charge on any atom is 0.0184 e. The zero-order valence-corrected chi connectivity index (χ0v) is 10.6. The van der Waals surface area contributed by atoms with Crippen molar-refractivity contribution >= 4 is 23.5 Å². The fourth-order valence-corrected chi connectivity index (χ4v) is 2.44. The van der Waals surface area contributed by atoms with Gasteiger partial charge in [-0.25, -0.2) is 0 Å². The topological polar surface area (TPSA) is 0 Å². The fraction of sp³-hybridized carbons (Fsp3) is 0.500. The largest absolute Gasteiger partial charge is 0.157 e. The second-order valence-corrected chi connectivity index (χ2v) is 5.64. The van der Waals surface area contributed by atoms with Crippen LogP contribution in [0, 0.1) is 0 Å². The highest BCUT2D eigenvalue weighted by molar-refractivity contribution is 7.98. The molecular formula is C12H18S2. The van der Waals surface area contributed by atoms with Gasteiger partial charge in [0.15, 0.2) is 0 Å². The van der Waals surface area contributed by atoms with Crippen LogP contribution >= 0.6 is 23.5 Å². The van der Waals surface area contributed by atoms with Crippen LogP contribution in [-0.4, -0.2) is 11.5 Å². The molecule has 0 N–H and O–H groups in total. The van der Waals surface area contributed by atoms with E-state index < -0.39 is 0 Å². The molecule has 0 saturated heterocycles. The molecule has 0 heterocycles. The molecule has 0 atom stereocenters. The first kappa shape index (κ1) is 12.0. The molecule has 2 heteroatoms. The molecule has 0 aromatic heterocycles. The third-order valence-corrected chi connectivity index (χ3v) is 3.86. The van der Waals surface area contributed by atoms with Gasteiger partial charge in [0.25, 0.3) is 0 Å². The molecule has 0 saturated carbocycles. The average Bonchev–Trinajstić information content (AvgIpc) is 2.25. The maximum atomic E-state index is 2.26. The lowest BCUT2D eigenvalue weighted by molar-refractivity contribution is 1.33. The predicted octanol–water partition coefficient (Wildman–Crippen LogP) is 4.19. The zero-order valence-electron chi connectivity index (χ0n) is 8.95. The van der Waals surface area contributed by atoms with E-state index in [1.54, 1.807) is 0 Å². The van der Waals surface area contributed by atoms with Gasteiger partial charge in [-0.05, 0) is 22.6 Å². The van der Waals surface area contributed by atoms with Gasteiger partial charge in [-0.2, -0.15) is 23.5 Å². The summed E-state index contributed by atoms with van der Waals surface area (Å²) in [5.41, 5.74) is 2.89. The summed E-state index contributed by atoms with van der Waals surface area (Å²) in [6.07, 6.45) is 0. The van der Waals surface area contributed by atoms with Crippen LogP contribution in [-0.2, 0) is 11.5 Å². The quantitative estimate of drug-likeness (QED) is 0.713. The smallest absolute Gasteiger partial charge is 0.0184 e. The van der Waals surface area contributed by atoms with Crippen molar-refractivity contribution in [3.8, 4) is 0 Å². The molecule has 0 spiro atoms. The van der Waals surface area contributed by atoms with E-state index in [4.69, 9.17) is 0 Å². The molecule has 0 aliphatic heterocycles. The van der Waals surface area contributed by atoms with Gasteiger partial charge in [0, 0.05) is 11.5 Å². The molecule has 0 unspecified atom stereocenters. The first-order chi connectivity index (χ1) is 6.86. The predicted molar refractivity (Wildman–Crippen MR) is 70.1 cm³/mol. The number of thioether (sulfide) groups is 2. The van der Waals surface area contributed by atoms with E-state index in [0.29, 0.717) is 0 Å². The molecule has 0 fully saturated rings.